The standard InChI is InChI=1S/C13H19ClN4O2/c1-7(2)18-13(20)11(14)10(6-15-18)16-8(3)12(19)17-9-4-5-9/h6-9,16H,4-5H2,1-3H3,(H,17,19). The fraction of sp³-hybridized carbons (Fsp3) is 0.615. The summed E-state index contributed by atoms with van der Waals surface area (Å²) in [7, 11) is 0. The molecule has 1 unspecified atom stereocenters. The lowest BCUT2D eigenvalue weighted by Gasteiger charge is -2.17. The fourth-order valence-corrected chi connectivity index (χ4v) is 1.96. The molecule has 1 aromatic rings. The lowest BCUT2D eigenvalue weighted by molar-refractivity contribution is -0.121. The maximum Gasteiger partial charge on any atom is 0.287 e. The second-order valence-corrected chi connectivity index (χ2v) is 5.74. The summed E-state index contributed by atoms with van der Waals surface area (Å²) in [4.78, 5) is 23.8. The van der Waals surface area contributed by atoms with Crippen LogP contribution in [0.4, 0.5) is 5.69 Å². The Labute approximate surface area is 122 Å². The van der Waals surface area contributed by atoms with Crippen molar-refractivity contribution in [1.29, 1.82) is 0 Å². The van der Waals surface area contributed by atoms with Gasteiger partial charge < -0.3 is 10.6 Å². The van der Waals surface area contributed by atoms with Crippen molar-refractivity contribution in [2.45, 2.75) is 51.7 Å². The van der Waals surface area contributed by atoms with Crippen LogP contribution in [0, 0.1) is 0 Å². The number of nitrogens with one attached hydrogen (secondary N) is 2. The van der Waals surface area contributed by atoms with E-state index in [1.807, 2.05) is 13.8 Å². The minimum atomic E-state index is -0.468. The molecule has 6 nitrogen and oxygen atoms in total. The Morgan fingerprint density at radius 1 is 1.45 bits per heavy atom. The number of nitrogens with zero attached hydrogens (tertiary/aromatic N) is 2. The van der Waals surface area contributed by atoms with Crippen molar-refractivity contribution in [3.8, 4) is 0 Å². The van der Waals surface area contributed by atoms with Gasteiger partial charge in [0.05, 0.1) is 17.9 Å². The van der Waals surface area contributed by atoms with Crippen LogP contribution in [-0.2, 0) is 4.79 Å². The van der Waals surface area contributed by atoms with Crippen molar-refractivity contribution in [3.05, 3.63) is 21.6 Å². The van der Waals surface area contributed by atoms with Crippen LogP contribution >= 0.6 is 11.6 Å². The maximum absolute atomic E-state index is 12.0. The summed E-state index contributed by atoms with van der Waals surface area (Å²) >= 11 is 6.04. The Morgan fingerprint density at radius 2 is 2.10 bits per heavy atom. The van der Waals surface area contributed by atoms with Crippen molar-refractivity contribution < 1.29 is 4.79 Å². The molecular formula is C13H19ClN4O2. The Kier molecular flexibility index (Phi) is 4.32. The zero-order valence-electron chi connectivity index (χ0n) is 11.8. The highest BCUT2D eigenvalue weighted by Crippen LogP contribution is 2.20. The van der Waals surface area contributed by atoms with Gasteiger partial charge in [0.25, 0.3) is 5.56 Å². The van der Waals surface area contributed by atoms with Gasteiger partial charge in [-0.25, -0.2) is 4.68 Å². The highest BCUT2D eigenvalue weighted by atomic mass is 35.5. The SMILES string of the molecule is CC(Nc1cnn(C(C)C)c(=O)c1Cl)C(=O)NC1CC1. The predicted octanol–water partition coefficient (Wildman–Crippen LogP) is 1.56. The van der Waals surface area contributed by atoms with E-state index in [0.29, 0.717) is 11.7 Å². The molecule has 0 radical (unpaired) electrons. The van der Waals surface area contributed by atoms with Gasteiger partial charge >= 0.3 is 0 Å². The second-order valence-electron chi connectivity index (χ2n) is 5.36. The molecule has 1 amide bonds. The van der Waals surface area contributed by atoms with Crippen LogP contribution in [-0.4, -0.2) is 27.8 Å². The summed E-state index contributed by atoms with van der Waals surface area (Å²) < 4.78 is 1.31. The van der Waals surface area contributed by atoms with Gasteiger partial charge in [0.2, 0.25) is 5.91 Å². The predicted molar refractivity (Wildman–Crippen MR) is 78.1 cm³/mol. The van der Waals surface area contributed by atoms with Crippen molar-refractivity contribution in [2.75, 3.05) is 5.32 Å². The minimum Gasteiger partial charge on any atom is -0.371 e. The third kappa shape index (κ3) is 3.30. The summed E-state index contributed by atoms with van der Waals surface area (Å²) in [5, 5.41) is 9.92. The zero-order valence-corrected chi connectivity index (χ0v) is 12.6. The number of carbonyl (C=O) groups is 1. The van der Waals surface area contributed by atoms with Gasteiger partial charge in [0.15, 0.2) is 0 Å². The van der Waals surface area contributed by atoms with E-state index in [-0.39, 0.29) is 22.5 Å². The molecule has 110 valence electrons. The highest BCUT2D eigenvalue weighted by molar-refractivity contribution is 6.33. The van der Waals surface area contributed by atoms with Crippen LogP contribution < -0.4 is 16.2 Å². The van der Waals surface area contributed by atoms with E-state index in [9.17, 15) is 9.59 Å². The van der Waals surface area contributed by atoms with Gasteiger partial charge in [-0.1, -0.05) is 11.6 Å². The zero-order chi connectivity index (χ0) is 14.9. The van der Waals surface area contributed by atoms with E-state index in [0.717, 1.165) is 12.8 Å². The number of carbonyl (C=O) groups excluding carboxylic acids is 1. The Hall–Kier alpha value is -1.56. The number of amides is 1. The monoisotopic (exact) mass is 298 g/mol. The Morgan fingerprint density at radius 3 is 2.65 bits per heavy atom. The second kappa shape index (κ2) is 5.83. The number of hydrogen-bond acceptors (Lipinski definition) is 4. The average molecular weight is 299 g/mol. The first-order valence-electron chi connectivity index (χ1n) is 6.74. The molecule has 1 aromatic heterocycles. The smallest absolute Gasteiger partial charge is 0.287 e. The van der Waals surface area contributed by atoms with Gasteiger partial charge in [-0.2, -0.15) is 5.10 Å². The maximum atomic E-state index is 12.0. The van der Waals surface area contributed by atoms with Crippen molar-refractivity contribution in [3.63, 3.8) is 0 Å². The summed E-state index contributed by atoms with van der Waals surface area (Å²) in [5.41, 5.74) is 0.0217. The summed E-state index contributed by atoms with van der Waals surface area (Å²) in [5.74, 6) is -0.100. The first-order chi connectivity index (χ1) is 9.40. The average Bonchev–Trinajstić information content (AvgIpc) is 3.18. The molecule has 1 atom stereocenters. The minimum absolute atomic E-state index is 0.0553. The molecule has 0 spiro atoms. The number of rotatable bonds is 5. The lowest BCUT2D eigenvalue weighted by atomic mass is 10.3. The van der Waals surface area contributed by atoms with Gasteiger partial charge in [-0.05, 0) is 33.6 Å². The first-order valence-corrected chi connectivity index (χ1v) is 7.12. The first kappa shape index (κ1) is 14.8. The van der Waals surface area contributed by atoms with Crippen LogP contribution in [0.1, 0.15) is 39.7 Å². The Balaban J connectivity index is 2.10. The molecule has 0 bridgehead atoms. The molecule has 2 rings (SSSR count). The molecule has 2 N–H and O–H groups in total. The molecule has 1 aliphatic carbocycles. The molecule has 1 fully saturated rings. The normalized spacial score (nSPS) is 16.1. The van der Waals surface area contributed by atoms with Crippen molar-refractivity contribution in [2.24, 2.45) is 0 Å². The van der Waals surface area contributed by atoms with Crippen LogP contribution in [0.15, 0.2) is 11.0 Å². The van der Waals surface area contributed by atoms with E-state index in [1.54, 1.807) is 6.92 Å². The van der Waals surface area contributed by atoms with Crippen LogP contribution in [0.3, 0.4) is 0 Å². The van der Waals surface area contributed by atoms with Crippen LogP contribution in [0.5, 0.6) is 0 Å². The van der Waals surface area contributed by atoms with Gasteiger partial charge in [-0.15, -0.1) is 0 Å². The fourth-order valence-electron chi connectivity index (χ4n) is 1.77. The number of aromatic nitrogens is 2. The third-order valence-corrected chi connectivity index (χ3v) is 3.49. The largest absolute Gasteiger partial charge is 0.371 e. The molecule has 0 saturated heterocycles. The van der Waals surface area contributed by atoms with Crippen molar-refractivity contribution in [1.82, 2.24) is 15.1 Å². The lowest BCUT2D eigenvalue weighted by Crippen LogP contribution is -2.39. The topological polar surface area (TPSA) is 76.0 Å². The number of halogens is 1. The molecular weight excluding hydrogens is 280 g/mol. The molecule has 20 heavy (non-hydrogen) atoms. The molecule has 7 heteroatoms. The van der Waals surface area contributed by atoms with Crippen LogP contribution in [0.25, 0.3) is 0 Å². The molecule has 0 aromatic carbocycles. The summed E-state index contributed by atoms with van der Waals surface area (Å²) in [6.45, 7) is 5.43. The Bertz CT molecular complexity index is 566. The van der Waals surface area contributed by atoms with E-state index in [2.05, 4.69) is 15.7 Å². The van der Waals surface area contributed by atoms with E-state index in [4.69, 9.17) is 11.6 Å². The molecule has 1 saturated carbocycles. The molecule has 1 aliphatic rings. The molecule has 1 heterocycles. The number of anilines is 1. The third-order valence-electron chi connectivity index (χ3n) is 3.12. The summed E-state index contributed by atoms with van der Waals surface area (Å²) in [6.07, 6.45) is 3.54. The number of hydrogen-bond donors (Lipinski definition) is 2. The van der Waals surface area contributed by atoms with E-state index in [1.165, 1.54) is 10.9 Å². The summed E-state index contributed by atoms with van der Waals surface area (Å²) in [6, 6.07) is -0.233. The van der Waals surface area contributed by atoms with E-state index < -0.39 is 6.04 Å². The van der Waals surface area contributed by atoms with Crippen LogP contribution in [0.2, 0.25) is 5.02 Å². The van der Waals surface area contributed by atoms with Gasteiger partial charge in [0, 0.05) is 6.04 Å². The van der Waals surface area contributed by atoms with Crippen molar-refractivity contribution >= 4 is 23.2 Å². The van der Waals surface area contributed by atoms with Gasteiger partial charge in [0.1, 0.15) is 11.1 Å². The quantitative estimate of drug-likeness (QED) is 0.865. The van der Waals surface area contributed by atoms with E-state index >= 15 is 0 Å². The molecule has 0 aliphatic heterocycles. The highest BCUT2D eigenvalue weighted by Gasteiger charge is 2.26. The van der Waals surface area contributed by atoms with Gasteiger partial charge in [-0.3, -0.25) is 9.59 Å².